The van der Waals surface area contributed by atoms with Crippen molar-refractivity contribution in [2.45, 2.75) is 17.9 Å². The Labute approximate surface area is 83.1 Å². The van der Waals surface area contributed by atoms with Crippen molar-refractivity contribution in [3.63, 3.8) is 0 Å². The van der Waals surface area contributed by atoms with Crippen molar-refractivity contribution in [1.29, 1.82) is 0 Å². The second-order valence-corrected chi connectivity index (χ2v) is 4.16. The Bertz CT molecular complexity index is 248. The second kappa shape index (κ2) is 5.27. The zero-order valence-electron chi connectivity index (χ0n) is 7.73. The van der Waals surface area contributed by atoms with Gasteiger partial charge in [-0.2, -0.15) is 0 Å². The van der Waals surface area contributed by atoms with Crippen molar-refractivity contribution >= 4 is 11.8 Å². The molecule has 1 aromatic rings. The Kier molecular flexibility index (Phi) is 4.28. The second-order valence-electron chi connectivity index (χ2n) is 3.07. The first-order valence-electron chi connectivity index (χ1n) is 4.28. The summed E-state index contributed by atoms with van der Waals surface area (Å²) in [6.07, 6.45) is 0. The molecule has 0 aliphatic rings. The average Bonchev–Trinajstić information content (AvgIpc) is 2.16. The third-order valence-electron chi connectivity index (χ3n) is 1.72. The number of aliphatic hydroxyl groups excluding tert-OH is 1. The van der Waals surface area contributed by atoms with Crippen LogP contribution in [0.1, 0.15) is 5.56 Å². The van der Waals surface area contributed by atoms with Crippen molar-refractivity contribution in [2.24, 2.45) is 5.73 Å². The van der Waals surface area contributed by atoms with Crippen LogP contribution in [0.2, 0.25) is 0 Å². The molecule has 0 aliphatic carbocycles. The van der Waals surface area contributed by atoms with Crippen LogP contribution in [-0.2, 0) is 0 Å². The van der Waals surface area contributed by atoms with E-state index >= 15 is 0 Å². The first-order valence-corrected chi connectivity index (χ1v) is 5.27. The smallest absolute Gasteiger partial charge is 0.0590 e. The molecule has 72 valence electrons. The Morgan fingerprint density at radius 3 is 2.54 bits per heavy atom. The summed E-state index contributed by atoms with van der Waals surface area (Å²) in [5.74, 6) is 0.763. The summed E-state index contributed by atoms with van der Waals surface area (Å²) in [5, 5.41) is 8.72. The molecule has 0 radical (unpaired) electrons. The number of nitrogens with two attached hydrogens (primary N) is 1. The summed E-state index contributed by atoms with van der Waals surface area (Å²) in [5.41, 5.74) is 6.84. The molecule has 0 aromatic heterocycles. The lowest BCUT2D eigenvalue weighted by atomic mass is 10.2. The summed E-state index contributed by atoms with van der Waals surface area (Å²) in [4.78, 5) is 1.20. The van der Waals surface area contributed by atoms with Crippen LogP contribution in [0.3, 0.4) is 0 Å². The van der Waals surface area contributed by atoms with Gasteiger partial charge in [-0.15, -0.1) is 11.8 Å². The summed E-state index contributed by atoms with van der Waals surface area (Å²) >= 11 is 1.68. The topological polar surface area (TPSA) is 46.2 Å². The molecule has 1 atom stereocenters. The summed E-state index contributed by atoms with van der Waals surface area (Å²) in [6.45, 7) is 2.12. The number of benzene rings is 1. The number of aryl methyl sites for hydroxylation is 1. The zero-order valence-corrected chi connectivity index (χ0v) is 8.55. The molecule has 2 nitrogen and oxygen atoms in total. The number of aliphatic hydroxyl groups is 1. The molecular weight excluding hydrogens is 182 g/mol. The molecular formula is C10H15NOS. The first kappa shape index (κ1) is 10.6. The van der Waals surface area contributed by atoms with Crippen molar-refractivity contribution < 1.29 is 5.11 Å². The lowest BCUT2D eigenvalue weighted by Gasteiger charge is -2.07. The molecule has 1 aromatic carbocycles. The van der Waals surface area contributed by atoms with Gasteiger partial charge >= 0.3 is 0 Å². The summed E-state index contributed by atoms with van der Waals surface area (Å²) in [6, 6.07) is 8.18. The Morgan fingerprint density at radius 2 is 2.00 bits per heavy atom. The van der Waals surface area contributed by atoms with E-state index in [2.05, 4.69) is 31.2 Å². The highest BCUT2D eigenvalue weighted by Gasteiger charge is 2.00. The van der Waals surface area contributed by atoms with Crippen molar-refractivity contribution in [3.8, 4) is 0 Å². The summed E-state index contributed by atoms with van der Waals surface area (Å²) in [7, 11) is 0. The number of hydrogen-bond acceptors (Lipinski definition) is 3. The lowest BCUT2D eigenvalue weighted by molar-refractivity contribution is 0.275. The maximum atomic E-state index is 8.72. The molecule has 0 saturated carbocycles. The average molecular weight is 197 g/mol. The highest BCUT2D eigenvalue weighted by atomic mass is 32.2. The standard InChI is InChI=1S/C10H15NOS/c1-8-2-4-10(5-3-8)13-7-9(11)6-12/h2-5,9,12H,6-7,11H2,1H3. The highest BCUT2D eigenvalue weighted by Crippen LogP contribution is 2.18. The van der Waals surface area contributed by atoms with Crippen molar-refractivity contribution in [3.05, 3.63) is 29.8 Å². The van der Waals surface area contributed by atoms with E-state index in [1.807, 2.05) is 0 Å². The van der Waals surface area contributed by atoms with Gasteiger partial charge in [0.1, 0.15) is 0 Å². The minimum absolute atomic E-state index is 0.0544. The van der Waals surface area contributed by atoms with Crippen LogP contribution in [0, 0.1) is 6.92 Å². The van der Waals surface area contributed by atoms with Gasteiger partial charge in [0.15, 0.2) is 0 Å². The molecule has 0 heterocycles. The van der Waals surface area contributed by atoms with E-state index in [0.717, 1.165) is 5.75 Å². The SMILES string of the molecule is Cc1ccc(SCC(N)CO)cc1. The molecule has 0 amide bonds. The largest absolute Gasteiger partial charge is 0.395 e. The van der Waals surface area contributed by atoms with Crippen LogP contribution in [0.4, 0.5) is 0 Å². The van der Waals surface area contributed by atoms with Crippen molar-refractivity contribution in [1.82, 2.24) is 0 Å². The maximum absolute atomic E-state index is 8.72. The molecule has 0 saturated heterocycles. The Morgan fingerprint density at radius 1 is 1.38 bits per heavy atom. The predicted molar refractivity (Wildman–Crippen MR) is 57.0 cm³/mol. The van der Waals surface area contributed by atoms with E-state index in [1.54, 1.807) is 11.8 Å². The van der Waals surface area contributed by atoms with E-state index in [9.17, 15) is 0 Å². The van der Waals surface area contributed by atoms with Gasteiger partial charge in [-0.25, -0.2) is 0 Å². The van der Waals surface area contributed by atoms with Crippen LogP contribution in [0.25, 0.3) is 0 Å². The lowest BCUT2D eigenvalue weighted by Crippen LogP contribution is -2.26. The van der Waals surface area contributed by atoms with Gasteiger partial charge in [-0.05, 0) is 19.1 Å². The van der Waals surface area contributed by atoms with Crippen LogP contribution in [-0.4, -0.2) is 23.5 Å². The Hall–Kier alpha value is -0.510. The third-order valence-corrected chi connectivity index (χ3v) is 2.92. The van der Waals surface area contributed by atoms with Gasteiger partial charge in [0.05, 0.1) is 6.61 Å². The van der Waals surface area contributed by atoms with E-state index in [0.29, 0.717) is 0 Å². The van der Waals surface area contributed by atoms with Gasteiger partial charge in [-0.1, -0.05) is 17.7 Å². The monoisotopic (exact) mass is 197 g/mol. The van der Waals surface area contributed by atoms with Gasteiger partial charge in [0.25, 0.3) is 0 Å². The highest BCUT2D eigenvalue weighted by molar-refractivity contribution is 7.99. The quantitative estimate of drug-likeness (QED) is 0.717. The minimum atomic E-state index is -0.119. The molecule has 3 heteroatoms. The van der Waals surface area contributed by atoms with Crippen LogP contribution < -0.4 is 5.73 Å². The normalized spacial score (nSPS) is 12.8. The number of hydrogen-bond donors (Lipinski definition) is 2. The van der Waals surface area contributed by atoms with Gasteiger partial charge < -0.3 is 10.8 Å². The molecule has 3 N–H and O–H groups in total. The maximum Gasteiger partial charge on any atom is 0.0590 e. The summed E-state index contributed by atoms with van der Waals surface area (Å²) < 4.78 is 0. The molecule has 13 heavy (non-hydrogen) atoms. The van der Waals surface area contributed by atoms with Crippen LogP contribution in [0.5, 0.6) is 0 Å². The fourth-order valence-electron chi connectivity index (χ4n) is 0.890. The molecule has 0 bridgehead atoms. The Balaban J connectivity index is 2.41. The van der Waals surface area contributed by atoms with E-state index in [4.69, 9.17) is 10.8 Å². The number of rotatable bonds is 4. The van der Waals surface area contributed by atoms with E-state index in [-0.39, 0.29) is 12.6 Å². The van der Waals surface area contributed by atoms with Gasteiger partial charge in [-0.3, -0.25) is 0 Å². The van der Waals surface area contributed by atoms with Crippen LogP contribution >= 0.6 is 11.8 Å². The van der Waals surface area contributed by atoms with Crippen LogP contribution in [0.15, 0.2) is 29.2 Å². The molecule has 0 spiro atoms. The van der Waals surface area contributed by atoms with E-state index < -0.39 is 0 Å². The van der Waals surface area contributed by atoms with Gasteiger partial charge in [0, 0.05) is 16.7 Å². The predicted octanol–water partition coefficient (Wildman–Crippen LogP) is 1.41. The molecule has 1 unspecified atom stereocenters. The van der Waals surface area contributed by atoms with Gasteiger partial charge in [0.2, 0.25) is 0 Å². The molecule has 0 aliphatic heterocycles. The van der Waals surface area contributed by atoms with E-state index in [1.165, 1.54) is 10.5 Å². The number of thioether (sulfide) groups is 1. The molecule has 1 rings (SSSR count). The first-order chi connectivity index (χ1) is 6.22. The fourth-order valence-corrected chi connectivity index (χ4v) is 1.73. The minimum Gasteiger partial charge on any atom is -0.395 e. The fraction of sp³-hybridized carbons (Fsp3) is 0.400. The zero-order chi connectivity index (χ0) is 9.68. The van der Waals surface area contributed by atoms with Crippen molar-refractivity contribution in [2.75, 3.05) is 12.4 Å². The third kappa shape index (κ3) is 3.81. The molecule has 0 fully saturated rings.